The molecule has 1 fully saturated rings. The fraction of sp³-hybridized carbons (Fsp3) is 0.550. The standard InChI is InChI=1S/C20H24O/c1-2-3-4-14-6-8-18-17(12-14)19(21)9-10-20(18)13-15-5-7-16(20)11-15/h5-8,12,15-16H,2-4,9-11,13H2,1H3. The van der Waals surface area contributed by atoms with Gasteiger partial charge in [0, 0.05) is 17.4 Å². The van der Waals surface area contributed by atoms with E-state index in [9.17, 15) is 4.79 Å². The highest BCUT2D eigenvalue weighted by Crippen LogP contribution is 2.58. The maximum Gasteiger partial charge on any atom is 0.163 e. The van der Waals surface area contributed by atoms with Gasteiger partial charge >= 0.3 is 0 Å². The Morgan fingerprint density at radius 3 is 2.90 bits per heavy atom. The van der Waals surface area contributed by atoms with Crippen molar-refractivity contribution in [2.24, 2.45) is 11.8 Å². The second-order valence-corrected chi connectivity index (χ2v) is 7.25. The molecule has 1 aromatic rings. The number of allylic oxidation sites excluding steroid dienone is 2. The predicted molar refractivity (Wildman–Crippen MR) is 85.7 cm³/mol. The number of Topliss-reactive ketones (excluding diaryl/α,β-unsaturated/α-hetero) is 1. The Hall–Kier alpha value is -1.37. The Balaban J connectivity index is 1.75. The number of carbonyl (C=O) groups excluding carboxylic acids is 1. The van der Waals surface area contributed by atoms with Gasteiger partial charge in [0.1, 0.15) is 0 Å². The minimum Gasteiger partial charge on any atom is -0.294 e. The van der Waals surface area contributed by atoms with Gasteiger partial charge in [0.25, 0.3) is 0 Å². The highest BCUT2D eigenvalue weighted by atomic mass is 16.1. The van der Waals surface area contributed by atoms with Crippen LogP contribution in [-0.4, -0.2) is 5.78 Å². The minimum absolute atomic E-state index is 0.284. The molecule has 0 heterocycles. The maximum atomic E-state index is 12.4. The summed E-state index contributed by atoms with van der Waals surface area (Å²) < 4.78 is 0. The van der Waals surface area contributed by atoms with E-state index in [1.165, 1.54) is 36.8 Å². The number of hydrogen-bond donors (Lipinski definition) is 0. The van der Waals surface area contributed by atoms with Gasteiger partial charge in [-0.25, -0.2) is 0 Å². The summed E-state index contributed by atoms with van der Waals surface area (Å²) in [5.74, 6) is 1.81. The summed E-state index contributed by atoms with van der Waals surface area (Å²) >= 11 is 0. The van der Waals surface area contributed by atoms with Crippen LogP contribution in [0.1, 0.15) is 66.9 Å². The van der Waals surface area contributed by atoms with Crippen LogP contribution in [-0.2, 0) is 11.8 Å². The normalized spacial score (nSPS) is 32.9. The van der Waals surface area contributed by atoms with Crippen molar-refractivity contribution in [2.45, 2.75) is 57.3 Å². The molecule has 0 N–H and O–H groups in total. The van der Waals surface area contributed by atoms with E-state index < -0.39 is 0 Å². The minimum atomic E-state index is 0.284. The number of ketones is 1. The SMILES string of the molecule is CCCCc1ccc2c(c1)C(=O)CCC21CC2C=CC1C2. The van der Waals surface area contributed by atoms with Crippen molar-refractivity contribution in [1.29, 1.82) is 0 Å². The molecule has 0 aromatic heterocycles. The number of unbranched alkanes of at least 4 members (excludes halogenated alkanes) is 1. The second kappa shape index (κ2) is 4.83. The van der Waals surface area contributed by atoms with E-state index >= 15 is 0 Å². The lowest BCUT2D eigenvalue weighted by Crippen LogP contribution is -2.37. The molecule has 2 bridgehead atoms. The molecule has 21 heavy (non-hydrogen) atoms. The number of aryl methyl sites for hydroxylation is 1. The first-order chi connectivity index (χ1) is 10.2. The van der Waals surface area contributed by atoms with Crippen molar-refractivity contribution in [3.8, 4) is 0 Å². The molecule has 1 saturated carbocycles. The van der Waals surface area contributed by atoms with Crippen molar-refractivity contribution in [3.05, 3.63) is 47.0 Å². The van der Waals surface area contributed by atoms with Gasteiger partial charge in [-0.3, -0.25) is 4.79 Å². The fourth-order valence-electron chi connectivity index (χ4n) is 4.95. The quantitative estimate of drug-likeness (QED) is 0.724. The molecule has 3 aliphatic carbocycles. The molecule has 1 heteroatoms. The van der Waals surface area contributed by atoms with Crippen LogP contribution >= 0.6 is 0 Å². The van der Waals surface area contributed by atoms with Gasteiger partial charge in [-0.15, -0.1) is 0 Å². The molecule has 3 unspecified atom stereocenters. The van der Waals surface area contributed by atoms with Gasteiger partial charge in [-0.2, -0.15) is 0 Å². The Morgan fingerprint density at radius 2 is 2.19 bits per heavy atom. The molecule has 3 atom stereocenters. The van der Waals surface area contributed by atoms with Crippen LogP contribution in [0, 0.1) is 11.8 Å². The van der Waals surface area contributed by atoms with Crippen LogP contribution in [0.3, 0.4) is 0 Å². The van der Waals surface area contributed by atoms with E-state index in [0.717, 1.165) is 30.7 Å². The molecule has 3 aliphatic rings. The van der Waals surface area contributed by atoms with Gasteiger partial charge in [0.15, 0.2) is 5.78 Å². The third-order valence-electron chi connectivity index (χ3n) is 6.05. The number of hydrogen-bond acceptors (Lipinski definition) is 1. The monoisotopic (exact) mass is 280 g/mol. The second-order valence-electron chi connectivity index (χ2n) is 7.25. The van der Waals surface area contributed by atoms with Crippen molar-refractivity contribution >= 4 is 5.78 Å². The molecule has 0 aliphatic heterocycles. The third-order valence-corrected chi connectivity index (χ3v) is 6.05. The number of fused-ring (bicyclic) bond motifs is 5. The highest BCUT2D eigenvalue weighted by Gasteiger charge is 2.51. The zero-order valence-electron chi connectivity index (χ0n) is 12.9. The Kier molecular flexibility index (Phi) is 3.06. The smallest absolute Gasteiger partial charge is 0.163 e. The van der Waals surface area contributed by atoms with Crippen LogP contribution in [0.25, 0.3) is 0 Å². The first kappa shape index (κ1) is 13.3. The molecule has 1 spiro atoms. The first-order valence-corrected chi connectivity index (χ1v) is 8.58. The molecule has 0 saturated heterocycles. The van der Waals surface area contributed by atoms with Crippen LogP contribution in [0.4, 0.5) is 0 Å². The van der Waals surface area contributed by atoms with Crippen LogP contribution in [0.5, 0.6) is 0 Å². The zero-order chi connectivity index (χ0) is 14.4. The van der Waals surface area contributed by atoms with Crippen LogP contribution < -0.4 is 0 Å². The molecular formula is C20H24O. The Bertz CT molecular complexity index is 612. The lowest BCUT2D eigenvalue weighted by Gasteiger charge is -2.40. The van der Waals surface area contributed by atoms with E-state index in [1.807, 2.05) is 0 Å². The summed E-state index contributed by atoms with van der Waals surface area (Å²) in [6, 6.07) is 6.79. The Labute approximate surface area is 127 Å². The maximum absolute atomic E-state index is 12.4. The zero-order valence-corrected chi connectivity index (χ0v) is 12.9. The van der Waals surface area contributed by atoms with E-state index in [2.05, 4.69) is 37.3 Å². The van der Waals surface area contributed by atoms with Crippen LogP contribution in [0.15, 0.2) is 30.4 Å². The van der Waals surface area contributed by atoms with E-state index in [0.29, 0.717) is 11.7 Å². The average molecular weight is 280 g/mol. The lowest BCUT2D eigenvalue weighted by atomic mass is 9.62. The van der Waals surface area contributed by atoms with Gasteiger partial charge in [-0.1, -0.05) is 37.6 Å². The Morgan fingerprint density at radius 1 is 1.29 bits per heavy atom. The van der Waals surface area contributed by atoms with E-state index in [1.54, 1.807) is 0 Å². The molecule has 0 amide bonds. The van der Waals surface area contributed by atoms with E-state index in [4.69, 9.17) is 0 Å². The number of benzene rings is 1. The molecule has 110 valence electrons. The largest absolute Gasteiger partial charge is 0.294 e. The van der Waals surface area contributed by atoms with Gasteiger partial charge in [-0.05, 0) is 61.1 Å². The van der Waals surface area contributed by atoms with Gasteiger partial charge < -0.3 is 0 Å². The summed E-state index contributed by atoms with van der Waals surface area (Å²) in [6.45, 7) is 2.22. The lowest BCUT2D eigenvalue weighted by molar-refractivity contribution is 0.0943. The predicted octanol–water partition coefficient (Wildman–Crippen LogP) is 4.84. The molecule has 1 aromatic carbocycles. The first-order valence-electron chi connectivity index (χ1n) is 8.58. The summed E-state index contributed by atoms with van der Waals surface area (Å²) in [4.78, 5) is 12.4. The summed E-state index contributed by atoms with van der Waals surface area (Å²) in [6.07, 6.45) is 12.8. The molecule has 4 rings (SSSR count). The van der Waals surface area contributed by atoms with Crippen molar-refractivity contribution in [3.63, 3.8) is 0 Å². The van der Waals surface area contributed by atoms with Gasteiger partial charge in [0.2, 0.25) is 0 Å². The number of carbonyl (C=O) groups is 1. The average Bonchev–Trinajstić information content (AvgIpc) is 3.10. The molecule has 0 radical (unpaired) electrons. The summed E-state index contributed by atoms with van der Waals surface area (Å²) in [5.41, 5.74) is 4.05. The number of rotatable bonds is 3. The fourth-order valence-corrected chi connectivity index (χ4v) is 4.95. The van der Waals surface area contributed by atoms with Crippen molar-refractivity contribution < 1.29 is 4.79 Å². The van der Waals surface area contributed by atoms with E-state index in [-0.39, 0.29) is 5.41 Å². The van der Waals surface area contributed by atoms with Crippen LogP contribution in [0.2, 0.25) is 0 Å². The molecule has 1 nitrogen and oxygen atoms in total. The molecular weight excluding hydrogens is 256 g/mol. The van der Waals surface area contributed by atoms with Gasteiger partial charge in [0.05, 0.1) is 0 Å². The highest BCUT2D eigenvalue weighted by molar-refractivity contribution is 5.99. The summed E-state index contributed by atoms with van der Waals surface area (Å²) in [7, 11) is 0. The summed E-state index contributed by atoms with van der Waals surface area (Å²) in [5, 5.41) is 0. The topological polar surface area (TPSA) is 17.1 Å². The third kappa shape index (κ3) is 1.93. The van der Waals surface area contributed by atoms with Crippen molar-refractivity contribution in [1.82, 2.24) is 0 Å². The van der Waals surface area contributed by atoms with Crippen molar-refractivity contribution in [2.75, 3.05) is 0 Å².